The Morgan fingerprint density at radius 2 is 1.76 bits per heavy atom. The maximum absolute atomic E-state index is 13.1. The Kier molecular flexibility index (Phi) is 10.2. The van der Waals surface area contributed by atoms with E-state index in [0.717, 1.165) is 6.07 Å². The smallest absolute Gasteiger partial charge is 0.306 e. The maximum atomic E-state index is 13.1. The number of nitrogens with zero attached hydrogens (tertiary/aromatic N) is 1. The lowest BCUT2D eigenvalue weighted by molar-refractivity contribution is -0.384. The third-order valence-electron chi connectivity index (χ3n) is 5.53. The van der Waals surface area contributed by atoms with Crippen LogP contribution < -0.4 is 19.5 Å². The van der Waals surface area contributed by atoms with E-state index >= 15 is 0 Å². The number of nitrogens with one attached hydrogen (secondary N) is 2. The number of methoxy groups -OCH3 is 1. The van der Waals surface area contributed by atoms with Crippen LogP contribution in [0.25, 0.3) is 0 Å². The summed E-state index contributed by atoms with van der Waals surface area (Å²) in [6, 6.07) is 6.70. The SMILES string of the molecule is COc1ccc(NS(=O)(=O)c2c(C)cc(OCC(=O)NCCCCC(C)C(=O)O)cc2C)c([N+](=O)[O-])c1. The van der Waals surface area contributed by atoms with Crippen LogP contribution in [0.1, 0.15) is 37.3 Å². The van der Waals surface area contributed by atoms with Crippen LogP contribution >= 0.6 is 0 Å². The number of ether oxygens (including phenoxy) is 2. The molecule has 2 rings (SSSR count). The molecular formula is C24H31N3O9S. The highest BCUT2D eigenvalue weighted by Crippen LogP contribution is 2.33. The number of aliphatic carboxylic acids is 1. The van der Waals surface area contributed by atoms with E-state index in [0.29, 0.717) is 36.9 Å². The van der Waals surface area contributed by atoms with Crippen LogP contribution in [-0.4, -0.2) is 50.6 Å². The molecule has 12 nitrogen and oxygen atoms in total. The number of rotatable bonds is 14. The summed E-state index contributed by atoms with van der Waals surface area (Å²) < 4.78 is 38.9. The van der Waals surface area contributed by atoms with Crippen LogP contribution in [0.15, 0.2) is 35.2 Å². The Bertz CT molecular complexity index is 1240. The molecule has 0 saturated heterocycles. The normalized spacial score (nSPS) is 11.9. The quantitative estimate of drug-likeness (QED) is 0.185. The van der Waals surface area contributed by atoms with Gasteiger partial charge in [0.1, 0.15) is 17.2 Å². The topological polar surface area (TPSA) is 174 Å². The van der Waals surface area contributed by atoms with Crippen molar-refractivity contribution in [2.24, 2.45) is 5.92 Å². The Morgan fingerprint density at radius 3 is 2.32 bits per heavy atom. The number of nitro groups is 1. The first-order valence-electron chi connectivity index (χ1n) is 11.4. The van der Waals surface area contributed by atoms with Gasteiger partial charge < -0.3 is 19.9 Å². The minimum atomic E-state index is -4.19. The van der Waals surface area contributed by atoms with Crippen LogP contribution in [0.2, 0.25) is 0 Å². The molecule has 37 heavy (non-hydrogen) atoms. The lowest BCUT2D eigenvalue weighted by Crippen LogP contribution is -2.29. The van der Waals surface area contributed by atoms with Crippen molar-refractivity contribution in [2.45, 2.75) is 44.9 Å². The highest BCUT2D eigenvalue weighted by atomic mass is 32.2. The van der Waals surface area contributed by atoms with Crippen molar-refractivity contribution in [1.82, 2.24) is 5.32 Å². The molecule has 0 aliphatic rings. The molecule has 0 radical (unpaired) electrons. The van der Waals surface area contributed by atoms with E-state index in [4.69, 9.17) is 14.6 Å². The molecule has 0 saturated carbocycles. The Hall–Kier alpha value is -3.87. The molecule has 1 amide bonds. The minimum Gasteiger partial charge on any atom is -0.496 e. The van der Waals surface area contributed by atoms with Crippen LogP contribution in [0.3, 0.4) is 0 Å². The standard InChI is InChI=1S/C24H31N3O9S/c1-15(24(29)30)7-5-6-10-25-22(28)14-36-19-11-16(2)23(17(3)12-19)37(33,34)26-20-9-8-18(35-4)13-21(20)27(31)32/h8-9,11-13,15,26H,5-7,10,14H2,1-4H3,(H,25,28)(H,29,30). The van der Waals surface area contributed by atoms with Gasteiger partial charge in [0.15, 0.2) is 6.61 Å². The van der Waals surface area contributed by atoms with E-state index in [1.807, 2.05) is 0 Å². The zero-order valence-corrected chi connectivity index (χ0v) is 21.9. The molecule has 2 aromatic carbocycles. The molecule has 3 N–H and O–H groups in total. The van der Waals surface area contributed by atoms with Gasteiger partial charge in [0, 0.05) is 6.54 Å². The van der Waals surface area contributed by atoms with Gasteiger partial charge in [-0.25, -0.2) is 8.42 Å². The molecule has 0 aliphatic carbocycles. The van der Waals surface area contributed by atoms with E-state index in [1.54, 1.807) is 20.8 Å². The molecule has 0 aromatic heterocycles. The van der Waals surface area contributed by atoms with Gasteiger partial charge in [0.05, 0.1) is 28.9 Å². The van der Waals surface area contributed by atoms with Gasteiger partial charge in [-0.2, -0.15) is 0 Å². The third-order valence-corrected chi connectivity index (χ3v) is 7.20. The predicted molar refractivity (Wildman–Crippen MR) is 136 cm³/mol. The summed E-state index contributed by atoms with van der Waals surface area (Å²) in [6.07, 6.45) is 1.82. The van der Waals surface area contributed by atoms with Crippen molar-refractivity contribution >= 4 is 33.3 Å². The second-order valence-electron chi connectivity index (χ2n) is 8.51. The largest absolute Gasteiger partial charge is 0.496 e. The zero-order chi connectivity index (χ0) is 27.8. The number of aryl methyl sites for hydroxylation is 2. The van der Waals surface area contributed by atoms with Crippen molar-refractivity contribution in [3.63, 3.8) is 0 Å². The lowest BCUT2D eigenvalue weighted by atomic mass is 10.0. The third kappa shape index (κ3) is 8.34. The van der Waals surface area contributed by atoms with E-state index in [1.165, 1.54) is 31.4 Å². The first-order chi connectivity index (χ1) is 17.4. The summed E-state index contributed by atoms with van der Waals surface area (Å²) in [5.74, 6) is -1.15. The molecule has 0 spiro atoms. The predicted octanol–water partition coefficient (Wildman–Crippen LogP) is 3.41. The number of unbranched alkanes of at least 4 members (excludes halogenated alkanes) is 1. The number of amides is 1. The Balaban J connectivity index is 2.03. The number of carboxylic acid groups (broad SMARTS) is 1. The molecule has 0 fully saturated rings. The minimum absolute atomic E-state index is 0.0648. The number of benzene rings is 2. The first kappa shape index (κ1) is 29.4. The summed E-state index contributed by atoms with van der Waals surface area (Å²) in [7, 11) is -2.85. The summed E-state index contributed by atoms with van der Waals surface area (Å²) in [4.78, 5) is 33.5. The molecule has 0 aliphatic heterocycles. The van der Waals surface area contributed by atoms with E-state index < -0.39 is 32.5 Å². The highest BCUT2D eigenvalue weighted by molar-refractivity contribution is 7.92. The number of hydrogen-bond donors (Lipinski definition) is 3. The van der Waals surface area contributed by atoms with Crippen molar-refractivity contribution < 1.29 is 37.5 Å². The zero-order valence-electron chi connectivity index (χ0n) is 21.1. The molecule has 202 valence electrons. The summed E-state index contributed by atoms with van der Waals surface area (Å²) in [6.45, 7) is 4.83. The van der Waals surface area contributed by atoms with Gasteiger partial charge >= 0.3 is 5.97 Å². The number of carboxylic acids is 1. The number of sulfonamides is 1. The Morgan fingerprint density at radius 1 is 1.11 bits per heavy atom. The highest BCUT2D eigenvalue weighted by Gasteiger charge is 2.25. The van der Waals surface area contributed by atoms with Gasteiger partial charge in [-0.1, -0.05) is 13.3 Å². The summed E-state index contributed by atoms with van der Waals surface area (Å²) in [5.41, 5.74) is -0.0159. The number of carbonyl (C=O) groups excluding carboxylic acids is 1. The lowest BCUT2D eigenvalue weighted by Gasteiger charge is -2.15. The number of hydrogen-bond acceptors (Lipinski definition) is 8. The fourth-order valence-electron chi connectivity index (χ4n) is 3.62. The van der Waals surface area contributed by atoms with Gasteiger partial charge in [-0.05, 0) is 62.1 Å². The average Bonchev–Trinajstić information content (AvgIpc) is 2.81. The molecule has 1 unspecified atom stereocenters. The fourth-order valence-corrected chi connectivity index (χ4v) is 5.15. The number of nitro benzene ring substituents is 1. The Labute approximate surface area is 215 Å². The fraction of sp³-hybridized carbons (Fsp3) is 0.417. The molecule has 0 heterocycles. The van der Waals surface area contributed by atoms with Gasteiger partial charge in [-0.3, -0.25) is 24.4 Å². The van der Waals surface area contributed by atoms with Crippen LogP contribution in [0.5, 0.6) is 11.5 Å². The molecular weight excluding hydrogens is 506 g/mol. The van der Waals surface area contributed by atoms with Crippen LogP contribution in [-0.2, 0) is 19.6 Å². The number of anilines is 1. The average molecular weight is 538 g/mol. The summed E-state index contributed by atoms with van der Waals surface area (Å²) >= 11 is 0. The molecule has 0 bridgehead atoms. The molecule has 13 heteroatoms. The van der Waals surface area contributed by atoms with E-state index in [2.05, 4.69) is 10.0 Å². The van der Waals surface area contributed by atoms with Crippen molar-refractivity contribution in [3.8, 4) is 11.5 Å². The van der Waals surface area contributed by atoms with Crippen molar-refractivity contribution in [2.75, 3.05) is 25.0 Å². The van der Waals surface area contributed by atoms with Gasteiger partial charge in [-0.15, -0.1) is 0 Å². The second-order valence-corrected chi connectivity index (χ2v) is 10.1. The van der Waals surface area contributed by atoms with Crippen molar-refractivity contribution in [3.05, 3.63) is 51.6 Å². The maximum Gasteiger partial charge on any atom is 0.306 e. The first-order valence-corrected chi connectivity index (χ1v) is 12.9. The number of carbonyl (C=O) groups is 2. The van der Waals surface area contributed by atoms with E-state index in [-0.39, 0.29) is 34.6 Å². The van der Waals surface area contributed by atoms with Crippen LogP contribution in [0, 0.1) is 29.9 Å². The van der Waals surface area contributed by atoms with Gasteiger partial charge in [0.2, 0.25) is 0 Å². The summed E-state index contributed by atoms with van der Waals surface area (Å²) in [5, 5.41) is 23.0. The molecule has 1 atom stereocenters. The monoisotopic (exact) mass is 537 g/mol. The van der Waals surface area contributed by atoms with Crippen LogP contribution in [0.4, 0.5) is 11.4 Å². The second kappa shape index (κ2) is 12.9. The van der Waals surface area contributed by atoms with Gasteiger partial charge in [0.25, 0.3) is 21.6 Å². The molecule has 2 aromatic rings. The van der Waals surface area contributed by atoms with E-state index in [9.17, 15) is 28.1 Å². The van der Waals surface area contributed by atoms with Crippen molar-refractivity contribution in [1.29, 1.82) is 0 Å².